The van der Waals surface area contributed by atoms with E-state index >= 15 is 0 Å². The number of halogens is 1. The molecule has 4 aromatic rings. The summed E-state index contributed by atoms with van der Waals surface area (Å²) < 4.78 is 32.8. The van der Waals surface area contributed by atoms with Crippen molar-refractivity contribution in [3.63, 3.8) is 0 Å². The second-order valence-electron chi connectivity index (χ2n) is 6.73. The van der Waals surface area contributed by atoms with Gasteiger partial charge in [0.2, 0.25) is 5.75 Å². The van der Waals surface area contributed by atoms with Gasteiger partial charge in [-0.3, -0.25) is 4.79 Å². The van der Waals surface area contributed by atoms with Crippen LogP contribution in [0.25, 0.3) is 11.5 Å². The van der Waals surface area contributed by atoms with E-state index in [4.69, 9.17) is 14.2 Å². The van der Waals surface area contributed by atoms with Gasteiger partial charge in [-0.25, -0.2) is 9.07 Å². The van der Waals surface area contributed by atoms with E-state index in [1.807, 2.05) is 12.1 Å². The lowest BCUT2D eigenvalue weighted by Crippen LogP contribution is -2.15. The fourth-order valence-corrected chi connectivity index (χ4v) is 3.35. The highest BCUT2D eigenvalue weighted by Crippen LogP contribution is 2.40. The number of nitrogens with one attached hydrogen (secondary N) is 1. The molecule has 9 heteroatoms. The molecule has 2 aromatic heterocycles. The van der Waals surface area contributed by atoms with Gasteiger partial charge in [-0.1, -0.05) is 0 Å². The highest BCUT2D eigenvalue weighted by molar-refractivity contribution is 6.06. The number of nitrogens with zero attached hydrogens (tertiary/aromatic N) is 3. The van der Waals surface area contributed by atoms with Crippen LogP contribution in [0, 0.1) is 5.82 Å². The van der Waals surface area contributed by atoms with Gasteiger partial charge in [-0.05, 0) is 36.4 Å². The summed E-state index contributed by atoms with van der Waals surface area (Å²) in [5.74, 6) is 1.00. The molecule has 32 heavy (non-hydrogen) atoms. The molecule has 164 valence electrons. The Balaban J connectivity index is 1.74. The third-order valence-electron chi connectivity index (χ3n) is 4.83. The van der Waals surface area contributed by atoms with E-state index in [0.717, 1.165) is 0 Å². The Kier molecular flexibility index (Phi) is 5.80. The zero-order valence-corrected chi connectivity index (χ0v) is 17.7. The number of hydrogen-bond donors (Lipinski definition) is 1. The van der Waals surface area contributed by atoms with Crippen molar-refractivity contribution in [1.82, 2.24) is 14.3 Å². The fraction of sp³-hybridized carbons (Fsp3) is 0.130. The van der Waals surface area contributed by atoms with Gasteiger partial charge in [0.15, 0.2) is 17.3 Å². The topological polar surface area (TPSA) is 79.5 Å². The molecular formula is C23H21FN4O4. The Morgan fingerprint density at radius 3 is 2.16 bits per heavy atom. The molecule has 2 heterocycles. The third-order valence-corrected chi connectivity index (χ3v) is 4.83. The van der Waals surface area contributed by atoms with E-state index in [-0.39, 0.29) is 5.82 Å². The second kappa shape index (κ2) is 8.84. The molecule has 8 nitrogen and oxygen atoms in total. The molecule has 0 aliphatic carbocycles. The first kappa shape index (κ1) is 21.0. The van der Waals surface area contributed by atoms with Gasteiger partial charge in [-0.2, -0.15) is 5.10 Å². The molecule has 0 aliphatic heterocycles. The van der Waals surface area contributed by atoms with Crippen molar-refractivity contribution in [1.29, 1.82) is 0 Å². The molecule has 0 unspecified atom stereocenters. The first-order chi connectivity index (χ1) is 15.5. The monoisotopic (exact) mass is 436 g/mol. The molecule has 0 spiro atoms. The highest BCUT2D eigenvalue weighted by atomic mass is 19.1. The van der Waals surface area contributed by atoms with Crippen molar-refractivity contribution in [2.45, 2.75) is 0 Å². The van der Waals surface area contributed by atoms with E-state index in [2.05, 4.69) is 10.4 Å². The molecule has 0 saturated carbocycles. The van der Waals surface area contributed by atoms with Gasteiger partial charge in [0.1, 0.15) is 11.4 Å². The van der Waals surface area contributed by atoms with E-state index in [1.165, 1.54) is 39.7 Å². The van der Waals surface area contributed by atoms with Gasteiger partial charge in [0.05, 0.1) is 33.2 Å². The van der Waals surface area contributed by atoms with Gasteiger partial charge in [0.25, 0.3) is 5.91 Å². The predicted octanol–water partition coefficient (Wildman–Crippen LogP) is 4.08. The summed E-state index contributed by atoms with van der Waals surface area (Å²) in [6, 6.07) is 12.8. The Hall–Kier alpha value is -4.27. The number of carbonyl (C=O) groups excluding carboxylic acids is 1. The highest BCUT2D eigenvalue weighted by Gasteiger charge is 2.21. The van der Waals surface area contributed by atoms with Crippen molar-refractivity contribution in [2.75, 3.05) is 26.6 Å². The van der Waals surface area contributed by atoms with Crippen LogP contribution in [-0.2, 0) is 0 Å². The van der Waals surface area contributed by atoms with Gasteiger partial charge < -0.3 is 24.1 Å². The van der Waals surface area contributed by atoms with Crippen LogP contribution in [0.2, 0.25) is 0 Å². The van der Waals surface area contributed by atoms with E-state index < -0.39 is 5.91 Å². The van der Waals surface area contributed by atoms with Crippen LogP contribution in [0.4, 0.5) is 10.1 Å². The van der Waals surface area contributed by atoms with Crippen LogP contribution in [0.3, 0.4) is 0 Å². The molecule has 2 aromatic carbocycles. The molecule has 4 rings (SSSR count). The minimum atomic E-state index is -0.392. The standard InChI is InChI=1S/C23H21FN4O4/c1-30-19-12-16(13-20(31-2)21(19)32-3)26-22(29)18-14-25-28(17-8-6-15(24)7-9-17)23(18)27-10-4-5-11-27/h4-14H,1-3H3,(H,26,29). The normalized spacial score (nSPS) is 10.6. The molecule has 1 amide bonds. The molecule has 0 bridgehead atoms. The minimum absolute atomic E-state index is 0.319. The number of rotatable bonds is 7. The maximum Gasteiger partial charge on any atom is 0.261 e. The van der Waals surface area contributed by atoms with E-state index in [9.17, 15) is 9.18 Å². The van der Waals surface area contributed by atoms with Crippen LogP contribution in [0.15, 0.2) is 67.1 Å². The lowest BCUT2D eigenvalue weighted by Gasteiger charge is -2.15. The number of amides is 1. The summed E-state index contributed by atoms with van der Waals surface area (Å²) in [6.07, 6.45) is 5.06. The van der Waals surface area contributed by atoms with Gasteiger partial charge >= 0.3 is 0 Å². The van der Waals surface area contributed by atoms with Gasteiger partial charge in [-0.15, -0.1) is 0 Å². The number of benzene rings is 2. The first-order valence-electron chi connectivity index (χ1n) is 9.64. The molecule has 0 aliphatic rings. The van der Waals surface area contributed by atoms with Crippen molar-refractivity contribution < 1.29 is 23.4 Å². The maximum atomic E-state index is 13.4. The molecule has 0 fully saturated rings. The zero-order valence-electron chi connectivity index (χ0n) is 17.7. The Morgan fingerprint density at radius 1 is 0.969 bits per heavy atom. The number of methoxy groups -OCH3 is 3. The van der Waals surface area contributed by atoms with Gasteiger partial charge in [0, 0.05) is 30.2 Å². The average Bonchev–Trinajstić information content (AvgIpc) is 3.48. The SMILES string of the molecule is COc1cc(NC(=O)c2cnn(-c3ccc(F)cc3)c2-n2cccc2)cc(OC)c1OC. The molecule has 0 saturated heterocycles. The minimum Gasteiger partial charge on any atom is -0.493 e. The molecule has 1 N–H and O–H groups in total. The molecule has 0 atom stereocenters. The van der Waals surface area contributed by atoms with Crippen LogP contribution in [0.5, 0.6) is 17.2 Å². The fourth-order valence-electron chi connectivity index (χ4n) is 3.35. The van der Waals surface area contributed by atoms with Crippen LogP contribution >= 0.6 is 0 Å². The Bertz CT molecular complexity index is 1210. The smallest absolute Gasteiger partial charge is 0.261 e. The van der Waals surface area contributed by atoms with E-state index in [1.54, 1.807) is 45.9 Å². The summed E-state index contributed by atoms with van der Waals surface area (Å²) in [5, 5.41) is 7.23. The summed E-state index contributed by atoms with van der Waals surface area (Å²) in [6.45, 7) is 0. The summed E-state index contributed by atoms with van der Waals surface area (Å²) >= 11 is 0. The predicted molar refractivity (Wildman–Crippen MR) is 117 cm³/mol. The van der Waals surface area contributed by atoms with Crippen LogP contribution in [0.1, 0.15) is 10.4 Å². The number of ether oxygens (including phenoxy) is 3. The molecular weight excluding hydrogens is 415 g/mol. The number of aromatic nitrogens is 3. The lowest BCUT2D eigenvalue weighted by molar-refractivity contribution is 0.102. The number of carbonyl (C=O) groups is 1. The lowest BCUT2D eigenvalue weighted by atomic mass is 10.2. The van der Waals surface area contributed by atoms with Crippen LogP contribution in [-0.4, -0.2) is 41.6 Å². The second-order valence-corrected chi connectivity index (χ2v) is 6.73. The Labute approximate surface area is 183 Å². The van der Waals surface area contributed by atoms with E-state index in [0.29, 0.717) is 40.0 Å². The summed E-state index contributed by atoms with van der Waals surface area (Å²) in [5.41, 5.74) is 1.39. The number of hydrogen-bond acceptors (Lipinski definition) is 5. The Morgan fingerprint density at radius 2 is 1.59 bits per heavy atom. The zero-order chi connectivity index (χ0) is 22.7. The van der Waals surface area contributed by atoms with Crippen molar-refractivity contribution in [3.05, 3.63) is 78.5 Å². The largest absolute Gasteiger partial charge is 0.493 e. The first-order valence-corrected chi connectivity index (χ1v) is 9.64. The summed E-state index contributed by atoms with van der Waals surface area (Å²) in [7, 11) is 4.51. The quantitative estimate of drug-likeness (QED) is 0.472. The van der Waals surface area contributed by atoms with Crippen molar-refractivity contribution in [2.24, 2.45) is 0 Å². The van der Waals surface area contributed by atoms with Crippen LogP contribution < -0.4 is 19.5 Å². The average molecular weight is 436 g/mol. The van der Waals surface area contributed by atoms with Crippen molar-refractivity contribution in [3.8, 4) is 28.8 Å². The third kappa shape index (κ3) is 3.87. The number of anilines is 1. The summed E-state index contributed by atoms with van der Waals surface area (Å²) in [4.78, 5) is 13.2. The molecule has 0 radical (unpaired) electrons. The maximum absolute atomic E-state index is 13.4. The van der Waals surface area contributed by atoms with Crippen molar-refractivity contribution >= 4 is 11.6 Å².